The van der Waals surface area contributed by atoms with Gasteiger partial charge >= 0.3 is 8.80 Å². The van der Waals surface area contributed by atoms with Gasteiger partial charge in [0.2, 0.25) is 0 Å². The van der Waals surface area contributed by atoms with Gasteiger partial charge in [0, 0.05) is 25.4 Å². The van der Waals surface area contributed by atoms with Crippen LogP contribution in [-0.4, -0.2) is 35.2 Å². The minimum atomic E-state index is -2.56. The molecule has 0 radical (unpaired) electrons. The Morgan fingerprint density at radius 3 is 1.56 bits per heavy atom. The molecule has 0 heterocycles. The van der Waals surface area contributed by atoms with Crippen LogP contribution in [0.15, 0.2) is 0 Å². The molecule has 18 heavy (non-hydrogen) atoms. The maximum absolute atomic E-state index is 6.04. The molecule has 0 aliphatic carbocycles. The lowest BCUT2D eigenvalue weighted by atomic mass is 10.3. The van der Waals surface area contributed by atoms with E-state index < -0.39 is 8.80 Å². The van der Waals surface area contributed by atoms with E-state index in [2.05, 4.69) is 27.7 Å². The van der Waals surface area contributed by atoms with Gasteiger partial charge in [0.05, 0.1) is 0 Å². The van der Waals surface area contributed by atoms with E-state index in [1.54, 1.807) is 0 Å². The monoisotopic (exact) mass is 277 g/mol. The van der Waals surface area contributed by atoms with Gasteiger partial charge in [-0.1, -0.05) is 27.7 Å². The molecule has 0 aromatic heterocycles. The average Bonchev–Trinajstić information content (AvgIpc) is 2.38. The number of hydrogen-bond acceptors (Lipinski definition) is 4. The first kappa shape index (κ1) is 18.1. The Morgan fingerprint density at radius 1 is 0.889 bits per heavy atom. The Bertz CT molecular complexity index is 171. The highest BCUT2D eigenvalue weighted by Gasteiger charge is 2.46. The zero-order valence-electron chi connectivity index (χ0n) is 12.5. The molecule has 1 unspecified atom stereocenters. The largest absolute Gasteiger partial charge is 0.503 e. The van der Waals surface area contributed by atoms with Crippen molar-refractivity contribution in [3.8, 4) is 0 Å². The second-order valence-electron chi connectivity index (χ2n) is 4.63. The lowest BCUT2D eigenvalue weighted by Crippen LogP contribution is -2.50. The Kier molecular flexibility index (Phi) is 11.0. The minimum Gasteiger partial charge on any atom is -0.373 e. The molecule has 110 valence electrons. The zero-order valence-corrected chi connectivity index (χ0v) is 13.5. The first-order valence-electron chi connectivity index (χ1n) is 7.28. The van der Waals surface area contributed by atoms with Crippen LogP contribution in [0.3, 0.4) is 0 Å². The smallest absolute Gasteiger partial charge is 0.373 e. The maximum Gasteiger partial charge on any atom is 0.503 e. The van der Waals surface area contributed by atoms with Crippen LogP contribution < -0.4 is 5.73 Å². The van der Waals surface area contributed by atoms with Gasteiger partial charge in [0.1, 0.15) is 0 Å². The van der Waals surface area contributed by atoms with Crippen LogP contribution in [0, 0.1) is 0 Å². The molecule has 0 rings (SSSR count). The van der Waals surface area contributed by atoms with Crippen molar-refractivity contribution >= 4 is 8.80 Å². The van der Waals surface area contributed by atoms with E-state index in [-0.39, 0.29) is 5.54 Å². The molecule has 1 atom stereocenters. The van der Waals surface area contributed by atoms with E-state index in [0.29, 0.717) is 26.4 Å². The second kappa shape index (κ2) is 10.9. The van der Waals surface area contributed by atoms with E-state index in [1.165, 1.54) is 0 Å². The summed E-state index contributed by atoms with van der Waals surface area (Å²) in [5.41, 5.74) is 5.94. The summed E-state index contributed by atoms with van der Waals surface area (Å²) in [5.74, 6) is 0. The summed E-state index contributed by atoms with van der Waals surface area (Å²) in [6.45, 7) is 11.2. The van der Waals surface area contributed by atoms with Gasteiger partial charge in [-0.3, -0.25) is 0 Å². The van der Waals surface area contributed by atoms with Gasteiger partial charge in [0.25, 0.3) is 0 Å². The summed E-state index contributed by atoms with van der Waals surface area (Å²) >= 11 is 0. The Balaban J connectivity index is 4.72. The third-order valence-electron chi connectivity index (χ3n) is 2.73. The third-order valence-corrected chi connectivity index (χ3v) is 6.04. The van der Waals surface area contributed by atoms with Crippen molar-refractivity contribution in [2.75, 3.05) is 26.4 Å². The molecule has 4 nitrogen and oxygen atoms in total. The molecule has 0 aromatic rings. The first-order chi connectivity index (χ1) is 8.66. The highest BCUT2D eigenvalue weighted by molar-refractivity contribution is 6.62. The van der Waals surface area contributed by atoms with E-state index in [4.69, 9.17) is 19.0 Å². The quantitative estimate of drug-likeness (QED) is 0.557. The lowest BCUT2D eigenvalue weighted by Gasteiger charge is -2.34. The number of nitrogens with two attached hydrogens (primary N) is 1. The summed E-state index contributed by atoms with van der Waals surface area (Å²) in [6.07, 6.45) is 3.84. The normalized spacial score (nSPS) is 13.8. The minimum absolute atomic E-state index is 0.271. The topological polar surface area (TPSA) is 53.7 Å². The van der Waals surface area contributed by atoms with Crippen molar-refractivity contribution in [3.05, 3.63) is 0 Å². The SMILES string of the molecule is CCCO[Si](OCCC)(OCCC)C(C)CCN. The Hall–Kier alpha value is 0.0569. The molecule has 0 saturated heterocycles. The van der Waals surface area contributed by atoms with E-state index >= 15 is 0 Å². The van der Waals surface area contributed by atoms with Gasteiger partial charge in [-0.25, -0.2) is 0 Å². The highest BCUT2D eigenvalue weighted by atomic mass is 28.4. The maximum atomic E-state index is 6.04. The van der Waals surface area contributed by atoms with Crippen LogP contribution in [0.5, 0.6) is 0 Å². The predicted octanol–water partition coefficient (Wildman–Crippen LogP) is 2.94. The molecule has 0 amide bonds. The van der Waals surface area contributed by atoms with Gasteiger partial charge < -0.3 is 19.0 Å². The second-order valence-corrected chi connectivity index (χ2v) is 7.69. The van der Waals surface area contributed by atoms with E-state index in [1.807, 2.05) is 0 Å². The average molecular weight is 277 g/mol. The molecule has 0 fully saturated rings. The molecule has 0 aliphatic rings. The summed E-state index contributed by atoms with van der Waals surface area (Å²) in [5, 5.41) is 0. The highest BCUT2D eigenvalue weighted by Crippen LogP contribution is 2.29. The lowest BCUT2D eigenvalue weighted by molar-refractivity contribution is 0.0502. The summed E-state index contributed by atoms with van der Waals surface area (Å²) in [4.78, 5) is 0. The molecular weight excluding hydrogens is 246 g/mol. The fourth-order valence-corrected chi connectivity index (χ4v) is 4.80. The molecule has 0 bridgehead atoms. The molecular formula is C13H31NO3Si. The molecule has 0 spiro atoms. The van der Waals surface area contributed by atoms with Crippen LogP contribution >= 0.6 is 0 Å². The van der Waals surface area contributed by atoms with Crippen molar-refractivity contribution in [2.24, 2.45) is 5.73 Å². The molecule has 2 N–H and O–H groups in total. The van der Waals surface area contributed by atoms with Crippen molar-refractivity contribution < 1.29 is 13.3 Å². The van der Waals surface area contributed by atoms with Crippen LogP contribution in [0.25, 0.3) is 0 Å². The van der Waals surface area contributed by atoms with Crippen molar-refractivity contribution in [1.29, 1.82) is 0 Å². The van der Waals surface area contributed by atoms with Gasteiger partial charge in [-0.15, -0.1) is 0 Å². The summed E-state index contributed by atoms with van der Waals surface area (Å²) < 4.78 is 18.1. The van der Waals surface area contributed by atoms with Crippen LogP contribution in [0.2, 0.25) is 5.54 Å². The van der Waals surface area contributed by atoms with Gasteiger partial charge in [-0.2, -0.15) is 0 Å². The summed E-state index contributed by atoms with van der Waals surface area (Å²) in [6, 6.07) is 0. The predicted molar refractivity (Wildman–Crippen MR) is 77.6 cm³/mol. The van der Waals surface area contributed by atoms with Crippen molar-refractivity contribution in [1.82, 2.24) is 0 Å². The van der Waals surface area contributed by atoms with Crippen LogP contribution in [-0.2, 0) is 13.3 Å². The number of rotatable bonds is 12. The zero-order chi connectivity index (χ0) is 13.9. The van der Waals surface area contributed by atoms with Gasteiger partial charge in [-0.05, 0) is 32.2 Å². The fraction of sp³-hybridized carbons (Fsp3) is 1.00. The standard InChI is InChI=1S/C13H31NO3Si/c1-5-10-15-18(16-11-6-2,17-12-7-3)13(4)8-9-14/h13H,5-12,14H2,1-4H3. The van der Waals surface area contributed by atoms with Gasteiger partial charge in [0.15, 0.2) is 0 Å². The Morgan fingerprint density at radius 2 is 1.28 bits per heavy atom. The third kappa shape index (κ3) is 6.29. The first-order valence-corrected chi connectivity index (χ1v) is 9.08. The van der Waals surface area contributed by atoms with E-state index in [0.717, 1.165) is 25.7 Å². The summed E-state index contributed by atoms with van der Waals surface area (Å²) in [7, 11) is -2.56. The molecule has 0 aliphatic heterocycles. The van der Waals surface area contributed by atoms with Crippen molar-refractivity contribution in [3.63, 3.8) is 0 Å². The molecule has 0 aromatic carbocycles. The van der Waals surface area contributed by atoms with Crippen LogP contribution in [0.4, 0.5) is 0 Å². The van der Waals surface area contributed by atoms with E-state index in [9.17, 15) is 0 Å². The fourth-order valence-electron chi connectivity index (χ4n) is 1.71. The Labute approximate surface area is 114 Å². The van der Waals surface area contributed by atoms with Crippen LogP contribution in [0.1, 0.15) is 53.4 Å². The molecule has 0 saturated carbocycles. The van der Waals surface area contributed by atoms with Crippen molar-refractivity contribution in [2.45, 2.75) is 58.9 Å². The number of hydrogen-bond donors (Lipinski definition) is 1. The molecule has 5 heteroatoms.